The van der Waals surface area contributed by atoms with Gasteiger partial charge in [0.1, 0.15) is 0 Å². The van der Waals surface area contributed by atoms with Gasteiger partial charge in [-0.05, 0) is 48.7 Å². The smallest absolute Gasteiger partial charge is 0.222 e. The Morgan fingerprint density at radius 3 is 2.42 bits per heavy atom. The lowest BCUT2D eigenvalue weighted by molar-refractivity contribution is 0.399. The van der Waals surface area contributed by atoms with Gasteiger partial charge in [-0.1, -0.05) is 23.7 Å². The number of ether oxygens (including phenoxy) is 1. The van der Waals surface area contributed by atoms with Gasteiger partial charge < -0.3 is 10.1 Å². The molecule has 0 radical (unpaired) electrons. The van der Waals surface area contributed by atoms with Crippen molar-refractivity contribution in [2.75, 3.05) is 12.4 Å². The third-order valence-corrected chi connectivity index (χ3v) is 4.00. The fraction of sp³-hybridized carbons (Fsp3) is 0.250. The Hall–Kier alpha value is -2.66. The van der Waals surface area contributed by atoms with E-state index in [0.29, 0.717) is 29.3 Å². The molecule has 2 aromatic heterocycles. The highest BCUT2D eigenvalue weighted by Gasteiger charge is 2.10. The van der Waals surface area contributed by atoms with Gasteiger partial charge in [0.2, 0.25) is 11.8 Å². The number of methoxy groups -OCH3 is 1. The first-order valence-electron chi connectivity index (χ1n) is 8.41. The van der Waals surface area contributed by atoms with Crippen LogP contribution in [0.5, 0.6) is 5.88 Å². The number of rotatable bonds is 6. The van der Waals surface area contributed by atoms with Crippen molar-refractivity contribution in [3.8, 4) is 17.0 Å². The number of benzene rings is 1. The number of pyridine rings is 1. The van der Waals surface area contributed by atoms with Crippen LogP contribution in [0, 0.1) is 0 Å². The van der Waals surface area contributed by atoms with Gasteiger partial charge in [-0.2, -0.15) is 0 Å². The predicted octanol–water partition coefficient (Wildman–Crippen LogP) is 4.61. The van der Waals surface area contributed by atoms with Gasteiger partial charge in [0, 0.05) is 41.6 Å². The number of aromatic nitrogens is 3. The molecule has 0 atom stereocenters. The zero-order chi connectivity index (χ0) is 18.5. The van der Waals surface area contributed by atoms with Crippen molar-refractivity contribution in [3.63, 3.8) is 0 Å². The largest absolute Gasteiger partial charge is 0.481 e. The molecule has 1 N–H and O–H groups in total. The number of halogens is 1. The number of nitrogens with one attached hydrogen (secondary N) is 1. The van der Waals surface area contributed by atoms with Gasteiger partial charge in [0.15, 0.2) is 0 Å². The maximum absolute atomic E-state index is 6.13. The lowest BCUT2D eigenvalue weighted by Crippen LogP contribution is -2.12. The molecule has 0 aliphatic heterocycles. The summed E-state index contributed by atoms with van der Waals surface area (Å²) < 4.78 is 5.41. The normalized spacial score (nSPS) is 10.8. The zero-order valence-electron chi connectivity index (χ0n) is 15.0. The van der Waals surface area contributed by atoms with Crippen molar-refractivity contribution in [3.05, 3.63) is 65.1 Å². The molecule has 3 aromatic rings. The van der Waals surface area contributed by atoms with Gasteiger partial charge in [0.05, 0.1) is 7.11 Å². The van der Waals surface area contributed by atoms with Crippen molar-refractivity contribution in [2.24, 2.45) is 0 Å². The second-order valence-corrected chi connectivity index (χ2v) is 6.74. The highest BCUT2D eigenvalue weighted by Crippen LogP contribution is 2.31. The quantitative estimate of drug-likeness (QED) is 0.688. The summed E-state index contributed by atoms with van der Waals surface area (Å²) in [4.78, 5) is 13.2. The van der Waals surface area contributed by atoms with Gasteiger partial charge in [-0.3, -0.25) is 0 Å². The summed E-state index contributed by atoms with van der Waals surface area (Å²) in [6.45, 7) is 4.11. The Morgan fingerprint density at radius 2 is 1.77 bits per heavy atom. The van der Waals surface area contributed by atoms with Gasteiger partial charge in [-0.25, -0.2) is 15.0 Å². The lowest BCUT2D eigenvalue weighted by Gasteiger charge is -2.11. The summed E-state index contributed by atoms with van der Waals surface area (Å²) in [5, 5.41) is 3.86. The van der Waals surface area contributed by atoms with Crippen LogP contribution in [0.2, 0.25) is 5.02 Å². The fourth-order valence-corrected chi connectivity index (χ4v) is 2.82. The number of hydrogen-bond donors (Lipinski definition) is 1. The summed E-state index contributed by atoms with van der Waals surface area (Å²) >= 11 is 6.13. The number of anilines is 1. The predicted molar refractivity (Wildman–Crippen MR) is 105 cm³/mol. The standard InChI is InChI=1S/C20H21ClN4O/c1-13(2)25-20-23-11-15(12-24-20)7-14-8-18(19(26-3)22-10-14)16-5-4-6-17(21)9-16/h4-6,8-13H,7H2,1-3H3,(H,23,24,25). The van der Waals surface area contributed by atoms with Crippen LogP contribution >= 0.6 is 11.6 Å². The molecule has 3 rings (SSSR count). The Balaban J connectivity index is 1.86. The molecule has 6 heteroatoms. The van der Waals surface area contributed by atoms with Crippen molar-refractivity contribution in [2.45, 2.75) is 26.3 Å². The van der Waals surface area contributed by atoms with Crippen LogP contribution in [0.3, 0.4) is 0 Å². The minimum Gasteiger partial charge on any atom is -0.481 e. The monoisotopic (exact) mass is 368 g/mol. The SMILES string of the molecule is COc1ncc(Cc2cnc(NC(C)C)nc2)cc1-c1cccc(Cl)c1. The third-order valence-electron chi connectivity index (χ3n) is 3.77. The van der Waals surface area contributed by atoms with Crippen molar-refractivity contribution in [1.29, 1.82) is 0 Å². The van der Waals surface area contributed by atoms with E-state index in [1.54, 1.807) is 7.11 Å². The van der Waals surface area contributed by atoms with Crippen LogP contribution in [0.15, 0.2) is 48.9 Å². The molecule has 0 saturated heterocycles. The maximum Gasteiger partial charge on any atom is 0.222 e. The van der Waals surface area contributed by atoms with E-state index in [0.717, 1.165) is 22.3 Å². The van der Waals surface area contributed by atoms with E-state index in [1.165, 1.54) is 0 Å². The summed E-state index contributed by atoms with van der Waals surface area (Å²) in [6.07, 6.45) is 6.17. The van der Waals surface area contributed by atoms with E-state index < -0.39 is 0 Å². The van der Waals surface area contributed by atoms with E-state index in [9.17, 15) is 0 Å². The minimum absolute atomic E-state index is 0.298. The van der Waals surface area contributed by atoms with Crippen LogP contribution < -0.4 is 10.1 Å². The molecule has 0 fully saturated rings. The molecule has 0 bridgehead atoms. The summed E-state index contributed by atoms with van der Waals surface area (Å²) in [5.74, 6) is 1.21. The third kappa shape index (κ3) is 4.49. The Morgan fingerprint density at radius 1 is 1.04 bits per heavy atom. The summed E-state index contributed by atoms with van der Waals surface area (Å²) in [6, 6.07) is 10.0. The Bertz CT molecular complexity index is 881. The fourth-order valence-electron chi connectivity index (χ4n) is 2.63. The molecule has 0 saturated carbocycles. The first kappa shape index (κ1) is 18.1. The molecular weight excluding hydrogens is 348 g/mol. The Labute approximate surface area is 158 Å². The maximum atomic E-state index is 6.13. The highest BCUT2D eigenvalue weighted by atomic mass is 35.5. The van der Waals surface area contributed by atoms with Crippen molar-refractivity contribution < 1.29 is 4.74 Å². The summed E-state index contributed by atoms with van der Waals surface area (Å²) in [7, 11) is 1.62. The van der Waals surface area contributed by atoms with Crippen LogP contribution in [0.1, 0.15) is 25.0 Å². The van der Waals surface area contributed by atoms with Crippen LogP contribution in [0.4, 0.5) is 5.95 Å². The molecule has 0 spiro atoms. The first-order chi connectivity index (χ1) is 12.5. The van der Waals surface area contributed by atoms with E-state index >= 15 is 0 Å². The van der Waals surface area contributed by atoms with Gasteiger partial charge in [-0.15, -0.1) is 0 Å². The molecule has 0 aliphatic carbocycles. The van der Waals surface area contributed by atoms with Crippen molar-refractivity contribution >= 4 is 17.5 Å². The molecule has 0 unspecified atom stereocenters. The molecule has 5 nitrogen and oxygen atoms in total. The van der Waals surface area contributed by atoms with E-state index in [-0.39, 0.29) is 0 Å². The molecule has 1 aromatic carbocycles. The minimum atomic E-state index is 0.298. The van der Waals surface area contributed by atoms with E-state index in [4.69, 9.17) is 16.3 Å². The second kappa shape index (κ2) is 8.15. The molecule has 26 heavy (non-hydrogen) atoms. The molecule has 0 amide bonds. The molecule has 0 aliphatic rings. The van der Waals surface area contributed by atoms with E-state index in [1.807, 2.05) is 42.9 Å². The van der Waals surface area contributed by atoms with Gasteiger partial charge in [0.25, 0.3) is 0 Å². The highest BCUT2D eigenvalue weighted by molar-refractivity contribution is 6.30. The zero-order valence-corrected chi connectivity index (χ0v) is 15.8. The average molecular weight is 369 g/mol. The Kier molecular flexibility index (Phi) is 5.68. The number of nitrogens with zero attached hydrogens (tertiary/aromatic N) is 3. The van der Waals surface area contributed by atoms with Crippen LogP contribution in [-0.4, -0.2) is 28.1 Å². The lowest BCUT2D eigenvalue weighted by atomic mass is 10.0. The molecule has 134 valence electrons. The second-order valence-electron chi connectivity index (χ2n) is 6.30. The van der Waals surface area contributed by atoms with Gasteiger partial charge >= 0.3 is 0 Å². The van der Waals surface area contributed by atoms with Crippen molar-refractivity contribution in [1.82, 2.24) is 15.0 Å². The summed E-state index contributed by atoms with van der Waals surface area (Å²) in [5.41, 5.74) is 3.94. The first-order valence-corrected chi connectivity index (χ1v) is 8.79. The van der Waals surface area contributed by atoms with Crippen LogP contribution in [0.25, 0.3) is 11.1 Å². The average Bonchev–Trinajstić information content (AvgIpc) is 2.63. The molecule has 2 heterocycles. The topological polar surface area (TPSA) is 59.9 Å². The number of hydrogen-bond acceptors (Lipinski definition) is 5. The van der Waals surface area contributed by atoms with E-state index in [2.05, 4.69) is 40.2 Å². The molecular formula is C20H21ClN4O. The van der Waals surface area contributed by atoms with Crippen LogP contribution in [-0.2, 0) is 6.42 Å².